The smallest absolute Gasteiger partial charge is 0.270 e. The van der Waals surface area contributed by atoms with Gasteiger partial charge in [-0.25, -0.2) is 4.98 Å². The van der Waals surface area contributed by atoms with Crippen molar-refractivity contribution in [2.75, 3.05) is 7.11 Å². The van der Waals surface area contributed by atoms with Gasteiger partial charge in [-0.15, -0.1) is 0 Å². The molecule has 1 aliphatic carbocycles. The van der Waals surface area contributed by atoms with Gasteiger partial charge in [0.25, 0.3) is 5.91 Å². The normalized spacial score (nSPS) is 18.5. The zero-order valence-corrected chi connectivity index (χ0v) is 17.8. The molecule has 0 aliphatic heterocycles. The van der Waals surface area contributed by atoms with E-state index in [0.29, 0.717) is 24.3 Å². The first kappa shape index (κ1) is 21.0. The van der Waals surface area contributed by atoms with Gasteiger partial charge in [-0.3, -0.25) is 14.5 Å². The number of aryl methyl sites for hydroxylation is 1. The number of carbonyl (C=O) groups excluding carboxylic acids is 1. The number of ether oxygens (including phenoxy) is 1. The molecule has 0 spiro atoms. The van der Waals surface area contributed by atoms with Gasteiger partial charge in [0.05, 0.1) is 37.3 Å². The Morgan fingerprint density at radius 2 is 2.06 bits per heavy atom. The summed E-state index contributed by atoms with van der Waals surface area (Å²) in [4.78, 5) is 21.5. The number of aliphatic hydroxyl groups is 1. The van der Waals surface area contributed by atoms with Crippen LogP contribution in [0.3, 0.4) is 0 Å². The summed E-state index contributed by atoms with van der Waals surface area (Å²) in [7, 11) is 3.46. The van der Waals surface area contributed by atoms with E-state index in [1.807, 2.05) is 31.6 Å². The minimum absolute atomic E-state index is 0.224. The molecule has 1 aliphatic rings. The largest absolute Gasteiger partial charge is 0.495 e. The van der Waals surface area contributed by atoms with E-state index >= 15 is 0 Å². The highest BCUT2D eigenvalue weighted by atomic mass is 16.5. The van der Waals surface area contributed by atoms with Crippen LogP contribution in [0.4, 0.5) is 0 Å². The number of nitrogens with one attached hydrogen (secondary N) is 1. The lowest BCUT2D eigenvalue weighted by atomic mass is 9.92. The fourth-order valence-corrected chi connectivity index (χ4v) is 3.93. The first-order valence-corrected chi connectivity index (χ1v) is 10.5. The van der Waals surface area contributed by atoms with Crippen molar-refractivity contribution < 1.29 is 14.6 Å². The summed E-state index contributed by atoms with van der Waals surface area (Å²) in [5, 5.41) is 17.2. The van der Waals surface area contributed by atoms with E-state index < -0.39 is 6.10 Å². The molecule has 2 atom stereocenters. The molecule has 162 valence electrons. The zero-order chi connectivity index (χ0) is 21.8. The van der Waals surface area contributed by atoms with E-state index in [0.717, 1.165) is 41.6 Å². The van der Waals surface area contributed by atoms with Crippen LogP contribution in [0.25, 0.3) is 11.3 Å². The van der Waals surface area contributed by atoms with Crippen molar-refractivity contribution in [1.82, 2.24) is 25.1 Å². The van der Waals surface area contributed by atoms with Gasteiger partial charge in [0.15, 0.2) is 0 Å². The minimum Gasteiger partial charge on any atom is -0.495 e. The molecular weight excluding hydrogens is 394 g/mol. The maximum Gasteiger partial charge on any atom is 0.270 e. The van der Waals surface area contributed by atoms with Gasteiger partial charge < -0.3 is 15.2 Å². The fourth-order valence-electron chi connectivity index (χ4n) is 3.93. The number of aromatic nitrogens is 4. The van der Waals surface area contributed by atoms with Crippen LogP contribution in [-0.4, -0.2) is 50.0 Å². The highest BCUT2D eigenvalue weighted by molar-refractivity contribution is 5.92. The third-order valence-corrected chi connectivity index (χ3v) is 5.67. The lowest BCUT2D eigenvalue weighted by molar-refractivity contribution is 0.0713. The standard InChI is InChI=1S/C23H27N5O3/c1-28-14-17(12-26-28)18-8-7-15(11-24-18)9-16-10-20(25-13-22(16)31-2)23(30)27-19-5-3-4-6-21(19)29/h7-8,10-14,19,21,29H,3-6,9H2,1-2H3,(H,27,30)/t19-,21-/m0/s1. The molecule has 2 N–H and O–H groups in total. The fraction of sp³-hybridized carbons (Fsp3) is 0.391. The molecule has 1 saturated carbocycles. The molecule has 8 heteroatoms. The Hall–Kier alpha value is -3.26. The topological polar surface area (TPSA) is 102 Å². The Balaban J connectivity index is 1.50. The van der Waals surface area contributed by atoms with E-state index in [-0.39, 0.29) is 11.9 Å². The second-order valence-electron chi connectivity index (χ2n) is 7.94. The maximum atomic E-state index is 12.7. The van der Waals surface area contributed by atoms with Crippen LogP contribution >= 0.6 is 0 Å². The molecule has 0 bridgehead atoms. The van der Waals surface area contributed by atoms with Gasteiger partial charge in [0.2, 0.25) is 0 Å². The zero-order valence-electron chi connectivity index (χ0n) is 17.8. The lowest BCUT2D eigenvalue weighted by Crippen LogP contribution is -2.45. The number of amides is 1. The number of hydrogen-bond donors (Lipinski definition) is 2. The minimum atomic E-state index is -0.500. The van der Waals surface area contributed by atoms with Gasteiger partial charge in [0, 0.05) is 37.0 Å². The molecule has 0 unspecified atom stereocenters. The number of methoxy groups -OCH3 is 1. The predicted octanol–water partition coefficient (Wildman–Crippen LogP) is 2.51. The SMILES string of the molecule is COc1cnc(C(=O)N[C@H]2CCCC[C@@H]2O)cc1Cc1ccc(-c2cnn(C)c2)nc1. The number of hydrogen-bond acceptors (Lipinski definition) is 6. The Kier molecular flexibility index (Phi) is 6.27. The van der Waals surface area contributed by atoms with Gasteiger partial charge in [-0.05, 0) is 30.5 Å². The van der Waals surface area contributed by atoms with Crippen LogP contribution in [0.15, 0.2) is 43.0 Å². The van der Waals surface area contributed by atoms with E-state index in [1.54, 1.807) is 30.3 Å². The van der Waals surface area contributed by atoms with Gasteiger partial charge in [0.1, 0.15) is 11.4 Å². The monoisotopic (exact) mass is 421 g/mol. The molecule has 31 heavy (non-hydrogen) atoms. The molecule has 0 saturated heterocycles. The van der Waals surface area contributed by atoms with Crippen LogP contribution in [0.5, 0.6) is 5.75 Å². The van der Waals surface area contributed by atoms with Crippen LogP contribution < -0.4 is 10.1 Å². The quantitative estimate of drug-likeness (QED) is 0.634. The molecule has 1 amide bonds. The summed E-state index contributed by atoms with van der Waals surface area (Å²) in [5.74, 6) is 0.338. The van der Waals surface area contributed by atoms with Crippen molar-refractivity contribution in [1.29, 1.82) is 0 Å². The first-order chi connectivity index (χ1) is 15.0. The number of nitrogens with zero attached hydrogens (tertiary/aromatic N) is 4. The third kappa shape index (κ3) is 4.91. The molecule has 3 aromatic rings. The van der Waals surface area contributed by atoms with Crippen molar-refractivity contribution in [3.8, 4) is 17.0 Å². The first-order valence-electron chi connectivity index (χ1n) is 10.5. The molecule has 1 fully saturated rings. The van der Waals surface area contributed by atoms with Crippen molar-refractivity contribution >= 4 is 5.91 Å². The third-order valence-electron chi connectivity index (χ3n) is 5.67. The number of carbonyl (C=O) groups is 1. The number of pyridine rings is 2. The predicted molar refractivity (Wildman–Crippen MR) is 116 cm³/mol. The highest BCUT2D eigenvalue weighted by Gasteiger charge is 2.25. The molecule has 8 nitrogen and oxygen atoms in total. The molecule has 4 rings (SSSR count). The molecule has 3 aromatic heterocycles. The molecular formula is C23H27N5O3. The Labute approximate surface area is 181 Å². The van der Waals surface area contributed by atoms with Crippen molar-refractivity contribution in [2.45, 2.75) is 44.2 Å². The van der Waals surface area contributed by atoms with Gasteiger partial charge >= 0.3 is 0 Å². The van der Waals surface area contributed by atoms with E-state index in [2.05, 4.69) is 20.4 Å². The average Bonchev–Trinajstić information content (AvgIpc) is 3.22. The Morgan fingerprint density at radius 3 is 2.74 bits per heavy atom. The number of rotatable bonds is 6. The van der Waals surface area contributed by atoms with Gasteiger partial charge in [-0.1, -0.05) is 18.9 Å². The van der Waals surface area contributed by atoms with E-state index in [9.17, 15) is 9.90 Å². The van der Waals surface area contributed by atoms with Crippen LogP contribution in [-0.2, 0) is 13.5 Å². The number of aliphatic hydroxyl groups excluding tert-OH is 1. The van der Waals surface area contributed by atoms with E-state index in [4.69, 9.17) is 4.74 Å². The summed E-state index contributed by atoms with van der Waals surface area (Å²) in [5.41, 5.74) is 3.96. The molecule has 3 heterocycles. The second-order valence-corrected chi connectivity index (χ2v) is 7.94. The summed E-state index contributed by atoms with van der Waals surface area (Å²) in [6, 6.07) is 5.49. The van der Waals surface area contributed by atoms with Crippen molar-refractivity contribution in [3.05, 3.63) is 59.8 Å². The average molecular weight is 422 g/mol. The Morgan fingerprint density at radius 1 is 1.23 bits per heavy atom. The summed E-state index contributed by atoms with van der Waals surface area (Å²) in [6.07, 6.45) is 10.6. The lowest BCUT2D eigenvalue weighted by Gasteiger charge is -2.28. The van der Waals surface area contributed by atoms with Crippen LogP contribution in [0.2, 0.25) is 0 Å². The molecule has 0 aromatic carbocycles. The summed E-state index contributed by atoms with van der Waals surface area (Å²) in [6.45, 7) is 0. The van der Waals surface area contributed by atoms with Crippen LogP contribution in [0, 0.1) is 0 Å². The van der Waals surface area contributed by atoms with Crippen molar-refractivity contribution in [3.63, 3.8) is 0 Å². The van der Waals surface area contributed by atoms with Gasteiger partial charge in [-0.2, -0.15) is 5.10 Å². The second kappa shape index (κ2) is 9.26. The molecule has 0 radical (unpaired) electrons. The summed E-state index contributed by atoms with van der Waals surface area (Å²) >= 11 is 0. The maximum absolute atomic E-state index is 12.7. The Bertz CT molecular complexity index is 1050. The van der Waals surface area contributed by atoms with E-state index in [1.165, 1.54) is 0 Å². The highest BCUT2D eigenvalue weighted by Crippen LogP contribution is 2.24. The summed E-state index contributed by atoms with van der Waals surface area (Å²) < 4.78 is 7.19. The van der Waals surface area contributed by atoms with Crippen molar-refractivity contribution in [2.24, 2.45) is 7.05 Å². The van der Waals surface area contributed by atoms with Crippen LogP contribution in [0.1, 0.15) is 47.3 Å².